The van der Waals surface area contributed by atoms with Crippen LogP contribution in [0.2, 0.25) is 0 Å². The van der Waals surface area contributed by atoms with E-state index in [4.69, 9.17) is 0 Å². The molecule has 20 heavy (non-hydrogen) atoms. The fourth-order valence-corrected chi connectivity index (χ4v) is 1.85. The molecular weight excluding hydrogens is 256 g/mol. The first-order valence-electron chi connectivity index (χ1n) is 7.03. The number of rotatable bonds is 5. The van der Waals surface area contributed by atoms with Gasteiger partial charge in [0.1, 0.15) is 5.69 Å². The largest absolute Gasteiger partial charge is 0.364 e. The third kappa shape index (κ3) is 3.49. The first kappa shape index (κ1) is 16.5. The van der Waals surface area contributed by atoms with Crippen LogP contribution in [0.1, 0.15) is 53.3 Å². The molecule has 0 spiro atoms. The molecule has 1 unspecified atom stereocenters. The van der Waals surface area contributed by atoms with Crippen LogP contribution in [0.5, 0.6) is 0 Å². The minimum atomic E-state index is -0.356. The number of anilines is 1. The molecule has 0 aliphatic carbocycles. The minimum Gasteiger partial charge on any atom is -0.364 e. The van der Waals surface area contributed by atoms with E-state index >= 15 is 0 Å². The Morgan fingerprint density at radius 2 is 1.90 bits per heavy atom. The molecule has 6 heteroatoms. The van der Waals surface area contributed by atoms with Crippen molar-refractivity contribution in [2.24, 2.45) is 11.3 Å². The van der Waals surface area contributed by atoms with Gasteiger partial charge in [0.2, 0.25) is 5.82 Å². The standard InChI is InChI=1S/C14H26N4O2/c1-9(2)17-13(12(18(19)20)11(4)16-17)15-8-10(3)14(5,6)7/h9-10,15H,8H2,1-7H3. The molecule has 0 aliphatic rings. The van der Waals surface area contributed by atoms with E-state index in [2.05, 4.69) is 38.1 Å². The number of hydrogen-bond donors (Lipinski definition) is 1. The van der Waals surface area contributed by atoms with E-state index < -0.39 is 0 Å². The molecular formula is C14H26N4O2. The maximum absolute atomic E-state index is 11.2. The highest BCUT2D eigenvalue weighted by Crippen LogP contribution is 2.32. The zero-order valence-electron chi connectivity index (χ0n) is 13.5. The molecule has 1 aromatic rings. The van der Waals surface area contributed by atoms with Gasteiger partial charge < -0.3 is 5.32 Å². The maximum Gasteiger partial charge on any atom is 0.333 e. The lowest BCUT2D eigenvalue weighted by Crippen LogP contribution is -2.26. The Hall–Kier alpha value is -1.59. The Bertz CT molecular complexity index is 486. The van der Waals surface area contributed by atoms with E-state index in [0.717, 1.165) is 0 Å². The van der Waals surface area contributed by atoms with Crippen molar-refractivity contribution in [1.82, 2.24) is 9.78 Å². The van der Waals surface area contributed by atoms with Gasteiger partial charge in [-0.25, -0.2) is 4.68 Å². The fourth-order valence-electron chi connectivity index (χ4n) is 1.85. The van der Waals surface area contributed by atoms with Crippen LogP contribution in [0.4, 0.5) is 11.5 Å². The summed E-state index contributed by atoms with van der Waals surface area (Å²) in [6, 6.07) is 0.0786. The summed E-state index contributed by atoms with van der Waals surface area (Å²) in [5, 5.41) is 18.7. The molecule has 1 atom stereocenters. The van der Waals surface area contributed by atoms with E-state index in [-0.39, 0.29) is 22.1 Å². The van der Waals surface area contributed by atoms with Crippen LogP contribution < -0.4 is 5.32 Å². The van der Waals surface area contributed by atoms with Gasteiger partial charge in [0.05, 0.1) is 4.92 Å². The third-order valence-electron chi connectivity index (χ3n) is 3.78. The highest BCUT2D eigenvalue weighted by atomic mass is 16.6. The van der Waals surface area contributed by atoms with Crippen molar-refractivity contribution in [3.63, 3.8) is 0 Å². The van der Waals surface area contributed by atoms with Gasteiger partial charge in [-0.05, 0) is 32.1 Å². The second-order valence-electron chi connectivity index (χ2n) is 6.73. The number of aromatic nitrogens is 2. The van der Waals surface area contributed by atoms with Crippen LogP contribution in [0.25, 0.3) is 0 Å². The third-order valence-corrected chi connectivity index (χ3v) is 3.78. The van der Waals surface area contributed by atoms with Gasteiger partial charge in [-0.1, -0.05) is 27.7 Å². The predicted molar refractivity (Wildman–Crippen MR) is 81.1 cm³/mol. The average Bonchev–Trinajstić information content (AvgIpc) is 2.61. The number of nitrogens with one attached hydrogen (secondary N) is 1. The molecule has 0 saturated carbocycles. The summed E-state index contributed by atoms with van der Waals surface area (Å²) in [5.74, 6) is 0.900. The summed E-state index contributed by atoms with van der Waals surface area (Å²) in [6.07, 6.45) is 0. The van der Waals surface area contributed by atoms with Crippen molar-refractivity contribution in [3.05, 3.63) is 15.8 Å². The molecule has 114 valence electrons. The SMILES string of the molecule is Cc1nn(C(C)C)c(NCC(C)C(C)(C)C)c1[N+](=O)[O-]. The molecule has 0 radical (unpaired) electrons. The van der Waals surface area contributed by atoms with Crippen LogP contribution in [0.15, 0.2) is 0 Å². The second kappa shape index (κ2) is 5.81. The van der Waals surface area contributed by atoms with Crippen LogP contribution in [0.3, 0.4) is 0 Å². The second-order valence-corrected chi connectivity index (χ2v) is 6.73. The van der Waals surface area contributed by atoms with E-state index in [9.17, 15) is 10.1 Å². The van der Waals surface area contributed by atoms with E-state index in [1.54, 1.807) is 11.6 Å². The molecule has 6 nitrogen and oxygen atoms in total. The van der Waals surface area contributed by atoms with Crippen molar-refractivity contribution in [2.75, 3.05) is 11.9 Å². The zero-order chi connectivity index (χ0) is 15.7. The molecule has 0 bridgehead atoms. The number of nitrogens with zero attached hydrogens (tertiary/aromatic N) is 3. The predicted octanol–water partition coefficient (Wildman–Crippen LogP) is 3.77. The molecule has 0 saturated heterocycles. The molecule has 0 fully saturated rings. The van der Waals surface area contributed by atoms with Gasteiger partial charge >= 0.3 is 5.69 Å². The van der Waals surface area contributed by atoms with E-state index in [1.165, 1.54) is 0 Å². The summed E-state index contributed by atoms with van der Waals surface area (Å²) in [7, 11) is 0. The van der Waals surface area contributed by atoms with E-state index in [1.807, 2.05) is 13.8 Å². The van der Waals surface area contributed by atoms with Crippen molar-refractivity contribution in [3.8, 4) is 0 Å². The van der Waals surface area contributed by atoms with Gasteiger partial charge in [0, 0.05) is 12.6 Å². The molecule has 1 rings (SSSR count). The smallest absolute Gasteiger partial charge is 0.333 e. The zero-order valence-corrected chi connectivity index (χ0v) is 13.5. The van der Waals surface area contributed by atoms with Crippen LogP contribution >= 0.6 is 0 Å². The monoisotopic (exact) mass is 282 g/mol. The summed E-state index contributed by atoms with van der Waals surface area (Å²) in [4.78, 5) is 10.9. The topological polar surface area (TPSA) is 73.0 Å². The number of aryl methyl sites for hydroxylation is 1. The number of nitro groups is 1. The average molecular weight is 282 g/mol. The van der Waals surface area contributed by atoms with Crippen LogP contribution in [0, 0.1) is 28.4 Å². The lowest BCUT2D eigenvalue weighted by Gasteiger charge is -2.27. The van der Waals surface area contributed by atoms with Crippen LogP contribution in [-0.2, 0) is 0 Å². The Morgan fingerprint density at radius 1 is 1.35 bits per heavy atom. The summed E-state index contributed by atoms with van der Waals surface area (Å²) in [5.41, 5.74) is 0.689. The minimum absolute atomic E-state index is 0.0786. The maximum atomic E-state index is 11.2. The lowest BCUT2D eigenvalue weighted by molar-refractivity contribution is -0.384. The highest BCUT2D eigenvalue weighted by Gasteiger charge is 2.28. The van der Waals surface area contributed by atoms with Gasteiger partial charge in [-0.3, -0.25) is 10.1 Å². The van der Waals surface area contributed by atoms with Crippen molar-refractivity contribution >= 4 is 11.5 Å². The summed E-state index contributed by atoms with van der Waals surface area (Å²) in [6.45, 7) is 14.9. The number of hydrogen-bond acceptors (Lipinski definition) is 4. The summed E-state index contributed by atoms with van der Waals surface area (Å²) >= 11 is 0. The first-order chi connectivity index (χ1) is 9.05. The molecule has 1 N–H and O–H groups in total. The van der Waals surface area contributed by atoms with Crippen LogP contribution in [-0.4, -0.2) is 21.2 Å². The van der Waals surface area contributed by atoms with Crippen molar-refractivity contribution in [2.45, 2.75) is 54.5 Å². The highest BCUT2D eigenvalue weighted by molar-refractivity contribution is 5.59. The molecule has 1 aromatic heterocycles. The van der Waals surface area contributed by atoms with Crippen molar-refractivity contribution < 1.29 is 4.92 Å². The van der Waals surface area contributed by atoms with Gasteiger partial charge in [-0.15, -0.1) is 0 Å². The van der Waals surface area contributed by atoms with Crippen molar-refractivity contribution in [1.29, 1.82) is 0 Å². The van der Waals surface area contributed by atoms with E-state index in [0.29, 0.717) is 24.0 Å². The van der Waals surface area contributed by atoms with Gasteiger partial charge in [-0.2, -0.15) is 5.10 Å². The molecule has 0 amide bonds. The Morgan fingerprint density at radius 3 is 2.30 bits per heavy atom. The Balaban J connectivity index is 3.06. The first-order valence-corrected chi connectivity index (χ1v) is 7.03. The normalized spacial score (nSPS) is 13.6. The molecule has 1 heterocycles. The summed E-state index contributed by atoms with van der Waals surface area (Å²) < 4.78 is 1.70. The molecule has 0 aliphatic heterocycles. The lowest BCUT2D eigenvalue weighted by atomic mass is 9.82. The van der Waals surface area contributed by atoms with Gasteiger partial charge in [0.15, 0.2) is 0 Å². The van der Waals surface area contributed by atoms with Gasteiger partial charge in [0.25, 0.3) is 0 Å². The Labute approximate surface area is 120 Å². The quantitative estimate of drug-likeness (QED) is 0.659. The fraction of sp³-hybridized carbons (Fsp3) is 0.786. The molecule has 0 aromatic carbocycles. The Kier molecular flexibility index (Phi) is 4.78.